The van der Waals surface area contributed by atoms with Crippen molar-refractivity contribution in [1.82, 2.24) is 29.9 Å². The molecule has 0 bridgehead atoms. The fourth-order valence-electron chi connectivity index (χ4n) is 2.54. The maximum absolute atomic E-state index is 12.5. The summed E-state index contributed by atoms with van der Waals surface area (Å²) >= 11 is 0. The topological polar surface area (TPSA) is 88.0 Å². The first kappa shape index (κ1) is 14.1. The Labute approximate surface area is 137 Å². The number of amides is 1. The molecule has 0 saturated carbocycles. The predicted octanol–water partition coefficient (Wildman–Crippen LogP) is 2.05. The van der Waals surface area contributed by atoms with E-state index >= 15 is 0 Å². The number of rotatable bonds is 4. The lowest BCUT2D eigenvalue weighted by Crippen LogP contribution is -2.24. The zero-order valence-corrected chi connectivity index (χ0v) is 12.7. The molecule has 0 aliphatic carbocycles. The average molecular weight is 318 g/mol. The van der Waals surface area contributed by atoms with Gasteiger partial charge in [0.05, 0.1) is 12.9 Å². The van der Waals surface area contributed by atoms with Crippen LogP contribution in [0, 0.1) is 0 Å². The molecule has 0 aliphatic rings. The molecule has 7 heteroatoms. The number of imidazole rings is 1. The molecule has 1 aromatic carbocycles. The van der Waals surface area contributed by atoms with E-state index in [4.69, 9.17) is 0 Å². The number of aromatic amines is 1. The number of carbonyl (C=O) groups excluding carboxylic acids is 1. The third-order valence-electron chi connectivity index (χ3n) is 3.71. The van der Waals surface area contributed by atoms with Crippen molar-refractivity contribution in [3.63, 3.8) is 0 Å². The summed E-state index contributed by atoms with van der Waals surface area (Å²) in [5, 5.41) is 11.0. The molecule has 118 valence electrons. The second-order valence-corrected chi connectivity index (χ2v) is 5.22. The Kier molecular flexibility index (Phi) is 3.51. The molecular weight excluding hydrogens is 304 g/mol. The van der Waals surface area contributed by atoms with Crippen LogP contribution in [-0.4, -0.2) is 30.5 Å². The summed E-state index contributed by atoms with van der Waals surface area (Å²) in [5.41, 5.74) is 2.68. The Morgan fingerprint density at radius 1 is 1.08 bits per heavy atom. The largest absolute Gasteiger partial charge is 0.343 e. The van der Waals surface area contributed by atoms with Crippen LogP contribution >= 0.6 is 0 Å². The Morgan fingerprint density at radius 3 is 2.79 bits per heavy atom. The number of aromatic nitrogens is 5. The van der Waals surface area contributed by atoms with E-state index in [2.05, 4.69) is 25.5 Å². The normalized spacial score (nSPS) is 10.8. The lowest BCUT2D eigenvalue weighted by Gasteiger charge is -2.05. The predicted molar refractivity (Wildman–Crippen MR) is 88.2 cm³/mol. The lowest BCUT2D eigenvalue weighted by atomic mass is 10.1. The van der Waals surface area contributed by atoms with Crippen LogP contribution in [0.3, 0.4) is 0 Å². The summed E-state index contributed by atoms with van der Waals surface area (Å²) in [4.78, 5) is 19.6. The van der Waals surface area contributed by atoms with Crippen molar-refractivity contribution < 1.29 is 4.79 Å². The molecule has 3 heterocycles. The minimum absolute atomic E-state index is 0.237. The molecule has 0 fully saturated rings. The van der Waals surface area contributed by atoms with Gasteiger partial charge in [-0.15, -0.1) is 10.2 Å². The SMILES string of the molecule is O=C(NCc1nnc2ccccn12)c1[nH]cnc1-c1ccccc1. The number of nitrogens with zero attached hydrogens (tertiary/aromatic N) is 4. The van der Waals surface area contributed by atoms with Gasteiger partial charge in [-0.25, -0.2) is 4.98 Å². The summed E-state index contributed by atoms with van der Waals surface area (Å²) in [5.74, 6) is 0.429. The molecule has 0 saturated heterocycles. The second-order valence-electron chi connectivity index (χ2n) is 5.22. The molecule has 0 unspecified atom stereocenters. The van der Waals surface area contributed by atoms with Crippen molar-refractivity contribution in [2.75, 3.05) is 0 Å². The van der Waals surface area contributed by atoms with E-state index in [1.807, 2.05) is 59.1 Å². The summed E-state index contributed by atoms with van der Waals surface area (Å²) in [6.45, 7) is 0.275. The van der Waals surface area contributed by atoms with E-state index < -0.39 is 0 Å². The smallest absolute Gasteiger partial charge is 0.270 e. The highest BCUT2D eigenvalue weighted by atomic mass is 16.1. The quantitative estimate of drug-likeness (QED) is 0.603. The van der Waals surface area contributed by atoms with Gasteiger partial charge in [0.25, 0.3) is 5.91 Å². The second kappa shape index (κ2) is 5.96. The molecule has 3 aromatic heterocycles. The van der Waals surface area contributed by atoms with Gasteiger partial charge in [0, 0.05) is 11.8 Å². The number of benzene rings is 1. The Balaban J connectivity index is 1.54. The molecular formula is C17H14N6O. The van der Waals surface area contributed by atoms with Crippen molar-refractivity contribution in [3.05, 3.63) is 72.6 Å². The van der Waals surface area contributed by atoms with Gasteiger partial charge in [-0.1, -0.05) is 36.4 Å². The third-order valence-corrected chi connectivity index (χ3v) is 3.71. The highest BCUT2D eigenvalue weighted by Crippen LogP contribution is 2.19. The van der Waals surface area contributed by atoms with E-state index in [-0.39, 0.29) is 12.5 Å². The number of hydrogen-bond acceptors (Lipinski definition) is 4. The minimum atomic E-state index is -0.237. The molecule has 1 amide bonds. The van der Waals surface area contributed by atoms with Gasteiger partial charge in [-0.05, 0) is 12.1 Å². The highest BCUT2D eigenvalue weighted by Gasteiger charge is 2.16. The van der Waals surface area contributed by atoms with Crippen molar-refractivity contribution >= 4 is 11.6 Å². The number of H-pyrrole nitrogens is 1. The molecule has 0 atom stereocenters. The molecule has 7 nitrogen and oxygen atoms in total. The highest BCUT2D eigenvalue weighted by molar-refractivity contribution is 5.98. The van der Waals surface area contributed by atoms with E-state index in [9.17, 15) is 4.79 Å². The van der Waals surface area contributed by atoms with Crippen LogP contribution in [0.5, 0.6) is 0 Å². The molecule has 0 aliphatic heterocycles. The van der Waals surface area contributed by atoms with Crippen molar-refractivity contribution in [3.8, 4) is 11.3 Å². The molecule has 2 N–H and O–H groups in total. The zero-order valence-electron chi connectivity index (χ0n) is 12.7. The van der Waals surface area contributed by atoms with Gasteiger partial charge >= 0.3 is 0 Å². The summed E-state index contributed by atoms with van der Waals surface area (Å²) in [6, 6.07) is 15.2. The number of pyridine rings is 1. The van der Waals surface area contributed by atoms with E-state index in [0.717, 1.165) is 11.2 Å². The number of fused-ring (bicyclic) bond motifs is 1. The third kappa shape index (κ3) is 2.52. The van der Waals surface area contributed by atoms with Gasteiger partial charge in [0.15, 0.2) is 11.5 Å². The van der Waals surface area contributed by atoms with E-state index in [0.29, 0.717) is 17.2 Å². The lowest BCUT2D eigenvalue weighted by molar-refractivity contribution is 0.0946. The first-order valence-electron chi connectivity index (χ1n) is 7.48. The van der Waals surface area contributed by atoms with Gasteiger partial charge in [0.2, 0.25) is 0 Å². The molecule has 4 aromatic rings. The van der Waals surface area contributed by atoms with Gasteiger partial charge in [-0.2, -0.15) is 0 Å². The van der Waals surface area contributed by atoms with Crippen LogP contribution in [0.1, 0.15) is 16.3 Å². The first-order valence-corrected chi connectivity index (χ1v) is 7.48. The van der Waals surface area contributed by atoms with E-state index in [1.54, 1.807) is 0 Å². The van der Waals surface area contributed by atoms with Crippen LogP contribution in [0.2, 0.25) is 0 Å². The van der Waals surface area contributed by atoms with Crippen molar-refractivity contribution in [1.29, 1.82) is 0 Å². The Morgan fingerprint density at radius 2 is 1.92 bits per heavy atom. The van der Waals surface area contributed by atoms with Crippen LogP contribution in [0.15, 0.2) is 61.1 Å². The molecule has 24 heavy (non-hydrogen) atoms. The van der Waals surface area contributed by atoms with Gasteiger partial charge < -0.3 is 10.3 Å². The number of nitrogens with one attached hydrogen (secondary N) is 2. The minimum Gasteiger partial charge on any atom is -0.343 e. The average Bonchev–Trinajstić information content (AvgIpc) is 3.28. The summed E-state index contributed by atoms with van der Waals surface area (Å²) in [7, 11) is 0. The fourth-order valence-corrected chi connectivity index (χ4v) is 2.54. The van der Waals surface area contributed by atoms with Crippen molar-refractivity contribution in [2.24, 2.45) is 0 Å². The molecule has 0 spiro atoms. The Hall–Kier alpha value is -3.48. The number of hydrogen-bond donors (Lipinski definition) is 2. The first-order chi connectivity index (χ1) is 11.8. The maximum Gasteiger partial charge on any atom is 0.270 e. The van der Waals surface area contributed by atoms with Crippen LogP contribution in [0.4, 0.5) is 0 Å². The van der Waals surface area contributed by atoms with Gasteiger partial charge in [-0.3, -0.25) is 9.20 Å². The molecule has 0 radical (unpaired) electrons. The standard InChI is InChI=1S/C17H14N6O/c24-17(16-15(19-11-20-16)12-6-2-1-3-7-12)18-10-14-22-21-13-8-4-5-9-23(13)14/h1-9,11H,10H2,(H,18,24)(H,19,20). The summed E-state index contributed by atoms with van der Waals surface area (Å²) < 4.78 is 1.84. The fraction of sp³-hybridized carbons (Fsp3) is 0.0588. The van der Waals surface area contributed by atoms with Crippen LogP contribution < -0.4 is 5.32 Å². The number of carbonyl (C=O) groups is 1. The van der Waals surface area contributed by atoms with Crippen LogP contribution in [-0.2, 0) is 6.54 Å². The van der Waals surface area contributed by atoms with Crippen molar-refractivity contribution in [2.45, 2.75) is 6.54 Å². The Bertz CT molecular complexity index is 988. The van der Waals surface area contributed by atoms with Crippen LogP contribution in [0.25, 0.3) is 16.9 Å². The molecule has 4 rings (SSSR count). The van der Waals surface area contributed by atoms with E-state index in [1.165, 1.54) is 6.33 Å². The zero-order chi connectivity index (χ0) is 16.4. The maximum atomic E-state index is 12.5. The van der Waals surface area contributed by atoms with Gasteiger partial charge in [0.1, 0.15) is 11.4 Å². The summed E-state index contributed by atoms with van der Waals surface area (Å²) in [6.07, 6.45) is 3.38. The monoisotopic (exact) mass is 318 g/mol.